The Balaban J connectivity index is 1.35. The zero-order valence-corrected chi connectivity index (χ0v) is 16.7. The third-order valence-corrected chi connectivity index (χ3v) is 4.65. The van der Waals surface area contributed by atoms with Gasteiger partial charge in [0.25, 0.3) is 11.5 Å². The highest BCUT2D eigenvalue weighted by Gasteiger charge is 2.18. The lowest BCUT2D eigenvalue weighted by Gasteiger charge is -2.11. The standard InChI is InChI=1S/C21H20FN7O2/c1-13-6-7-16-14(12-13)19(30)28-21(27-16)24-9-3-8-23-20(31)18-15(22)4-2-5-17(18)29-25-10-11-26-29/h2,4-7,10-12H,3,8-9H2,1H3,(H,23,31)(H2,24,27,28,30). The minimum atomic E-state index is -0.654. The van der Waals surface area contributed by atoms with Gasteiger partial charge in [0.15, 0.2) is 0 Å². The molecule has 1 amide bonds. The summed E-state index contributed by atoms with van der Waals surface area (Å²) in [4.78, 5) is 33.0. The fraction of sp³-hybridized carbons (Fsp3) is 0.190. The average Bonchev–Trinajstić information content (AvgIpc) is 3.28. The van der Waals surface area contributed by atoms with Crippen molar-refractivity contribution < 1.29 is 9.18 Å². The van der Waals surface area contributed by atoms with Crippen LogP contribution >= 0.6 is 0 Å². The highest BCUT2D eigenvalue weighted by atomic mass is 19.1. The molecule has 0 aliphatic heterocycles. The number of amides is 1. The first-order valence-electron chi connectivity index (χ1n) is 9.71. The van der Waals surface area contributed by atoms with Crippen molar-refractivity contribution in [2.75, 3.05) is 18.4 Å². The van der Waals surface area contributed by atoms with Gasteiger partial charge in [0.1, 0.15) is 17.1 Å². The van der Waals surface area contributed by atoms with Gasteiger partial charge in [-0.1, -0.05) is 17.7 Å². The number of aryl methyl sites for hydroxylation is 1. The van der Waals surface area contributed by atoms with Crippen LogP contribution in [0.15, 0.2) is 53.6 Å². The lowest BCUT2D eigenvalue weighted by molar-refractivity contribution is 0.0949. The third-order valence-electron chi connectivity index (χ3n) is 4.65. The molecule has 10 heteroatoms. The van der Waals surface area contributed by atoms with Crippen molar-refractivity contribution in [3.8, 4) is 5.69 Å². The minimum absolute atomic E-state index is 0.123. The molecular weight excluding hydrogens is 401 g/mol. The van der Waals surface area contributed by atoms with Gasteiger partial charge in [-0.05, 0) is 37.6 Å². The molecule has 0 spiro atoms. The third kappa shape index (κ3) is 4.42. The predicted octanol–water partition coefficient (Wildman–Crippen LogP) is 2.18. The van der Waals surface area contributed by atoms with Crippen molar-refractivity contribution in [1.82, 2.24) is 30.3 Å². The number of rotatable bonds is 7. The largest absolute Gasteiger partial charge is 0.356 e. The number of nitrogens with zero attached hydrogens (tertiary/aromatic N) is 4. The van der Waals surface area contributed by atoms with E-state index in [1.54, 1.807) is 18.2 Å². The Morgan fingerprint density at radius 1 is 1.16 bits per heavy atom. The van der Waals surface area contributed by atoms with Crippen LogP contribution in [-0.2, 0) is 0 Å². The molecule has 0 atom stereocenters. The molecule has 0 fully saturated rings. The van der Waals surface area contributed by atoms with Crippen LogP contribution in [0.4, 0.5) is 10.3 Å². The quantitative estimate of drug-likeness (QED) is 0.394. The number of carbonyl (C=O) groups is 1. The maximum Gasteiger partial charge on any atom is 0.260 e. The van der Waals surface area contributed by atoms with Crippen LogP contribution < -0.4 is 16.2 Å². The van der Waals surface area contributed by atoms with Gasteiger partial charge in [0.2, 0.25) is 5.95 Å². The first-order valence-corrected chi connectivity index (χ1v) is 9.71. The Bertz CT molecular complexity index is 1280. The molecule has 2 heterocycles. The van der Waals surface area contributed by atoms with Crippen molar-refractivity contribution >= 4 is 22.8 Å². The molecule has 4 rings (SSSR count). The number of nitrogens with one attached hydrogen (secondary N) is 3. The van der Waals surface area contributed by atoms with Crippen molar-refractivity contribution in [2.45, 2.75) is 13.3 Å². The predicted molar refractivity (Wildman–Crippen MR) is 114 cm³/mol. The molecule has 9 nitrogen and oxygen atoms in total. The highest BCUT2D eigenvalue weighted by molar-refractivity contribution is 5.98. The number of H-pyrrole nitrogens is 1. The topological polar surface area (TPSA) is 118 Å². The number of anilines is 1. The minimum Gasteiger partial charge on any atom is -0.356 e. The van der Waals surface area contributed by atoms with Crippen LogP contribution in [0.2, 0.25) is 0 Å². The highest BCUT2D eigenvalue weighted by Crippen LogP contribution is 2.16. The molecule has 0 unspecified atom stereocenters. The van der Waals surface area contributed by atoms with Crippen LogP contribution in [0.3, 0.4) is 0 Å². The summed E-state index contributed by atoms with van der Waals surface area (Å²) in [6, 6.07) is 9.76. The molecule has 31 heavy (non-hydrogen) atoms. The van der Waals surface area contributed by atoms with Gasteiger partial charge >= 0.3 is 0 Å². The fourth-order valence-electron chi connectivity index (χ4n) is 3.17. The van der Waals surface area contributed by atoms with Crippen molar-refractivity contribution in [1.29, 1.82) is 0 Å². The SMILES string of the molecule is Cc1ccc2nc(NCCCNC(=O)c3c(F)cccc3-n3nccn3)[nH]c(=O)c2c1. The number of hydrogen-bond donors (Lipinski definition) is 3. The van der Waals surface area contributed by atoms with E-state index in [4.69, 9.17) is 0 Å². The Labute approximate surface area is 176 Å². The lowest BCUT2D eigenvalue weighted by atomic mass is 10.1. The summed E-state index contributed by atoms with van der Waals surface area (Å²) in [6.07, 6.45) is 3.43. The number of carbonyl (C=O) groups excluding carboxylic acids is 1. The van der Waals surface area contributed by atoms with Crippen molar-refractivity contribution in [3.05, 3.63) is 76.1 Å². The van der Waals surface area contributed by atoms with Crippen molar-refractivity contribution in [3.63, 3.8) is 0 Å². The Kier molecular flexibility index (Phi) is 5.69. The van der Waals surface area contributed by atoms with Crippen molar-refractivity contribution in [2.24, 2.45) is 0 Å². The second kappa shape index (κ2) is 8.74. The summed E-state index contributed by atoms with van der Waals surface area (Å²) >= 11 is 0. The first kappa shape index (κ1) is 20.2. The molecule has 0 aliphatic rings. The van der Waals surface area contributed by atoms with Crippen LogP contribution in [-0.4, -0.2) is 44.0 Å². The van der Waals surface area contributed by atoms with Gasteiger partial charge in [-0.15, -0.1) is 0 Å². The van der Waals surface area contributed by atoms with Crippen LogP contribution in [0.25, 0.3) is 16.6 Å². The summed E-state index contributed by atoms with van der Waals surface area (Å²) < 4.78 is 14.3. The van der Waals surface area contributed by atoms with E-state index in [2.05, 4.69) is 30.8 Å². The molecule has 0 saturated carbocycles. The summed E-state index contributed by atoms with van der Waals surface area (Å²) in [5, 5.41) is 14.2. The Hall–Kier alpha value is -4.08. The smallest absolute Gasteiger partial charge is 0.260 e. The van der Waals surface area contributed by atoms with Crippen LogP contribution in [0, 0.1) is 12.7 Å². The maximum absolute atomic E-state index is 14.3. The summed E-state index contributed by atoms with van der Waals surface area (Å²) in [5.74, 6) is -0.856. The second-order valence-corrected chi connectivity index (χ2v) is 6.92. The van der Waals surface area contributed by atoms with Gasteiger partial charge in [-0.2, -0.15) is 15.0 Å². The van der Waals surface area contributed by atoms with Gasteiger partial charge in [0.05, 0.1) is 23.3 Å². The summed E-state index contributed by atoms with van der Waals surface area (Å²) in [5.41, 5.74) is 1.50. The summed E-state index contributed by atoms with van der Waals surface area (Å²) in [7, 11) is 0. The van der Waals surface area contributed by atoms with Crippen LogP contribution in [0.1, 0.15) is 22.3 Å². The second-order valence-electron chi connectivity index (χ2n) is 6.92. The fourth-order valence-corrected chi connectivity index (χ4v) is 3.17. The molecule has 2 aromatic heterocycles. The van der Waals surface area contributed by atoms with E-state index in [9.17, 15) is 14.0 Å². The molecule has 158 valence electrons. The molecule has 3 N–H and O–H groups in total. The Morgan fingerprint density at radius 3 is 2.77 bits per heavy atom. The monoisotopic (exact) mass is 421 g/mol. The molecule has 0 radical (unpaired) electrons. The number of hydrogen-bond acceptors (Lipinski definition) is 6. The molecule has 4 aromatic rings. The molecular formula is C21H20FN7O2. The van der Waals surface area contributed by atoms with E-state index in [1.165, 1.54) is 29.3 Å². The van der Waals surface area contributed by atoms with Gasteiger partial charge < -0.3 is 10.6 Å². The molecule has 0 saturated heterocycles. The number of benzene rings is 2. The Morgan fingerprint density at radius 2 is 1.97 bits per heavy atom. The van der Waals surface area contributed by atoms with E-state index in [1.807, 2.05) is 13.0 Å². The normalized spacial score (nSPS) is 10.9. The molecule has 0 bridgehead atoms. The maximum atomic E-state index is 14.3. The van der Waals surface area contributed by atoms with Gasteiger partial charge in [-0.3, -0.25) is 14.6 Å². The average molecular weight is 421 g/mol. The zero-order valence-electron chi connectivity index (χ0n) is 16.7. The van der Waals surface area contributed by atoms with E-state index < -0.39 is 11.7 Å². The van der Waals surface area contributed by atoms with Gasteiger partial charge in [0, 0.05) is 13.1 Å². The number of halogens is 1. The van der Waals surface area contributed by atoms with Gasteiger partial charge in [-0.25, -0.2) is 9.37 Å². The number of fused-ring (bicyclic) bond motifs is 1. The van der Waals surface area contributed by atoms with E-state index in [-0.39, 0.29) is 16.8 Å². The lowest BCUT2D eigenvalue weighted by Crippen LogP contribution is -2.28. The van der Waals surface area contributed by atoms with E-state index in [0.29, 0.717) is 36.4 Å². The number of aromatic amines is 1. The van der Waals surface area contributed by atoms with E-state index in [0.717, 1.165) is 5.56 Å². The summed E-state index contributed by atoms with van der Waals surface area (Å²) in [6.45, 7) is 2.66. The van der Waals surface area contributed by atoms with E-state index >= 15 is 0 Å². The molecule has 2 aromatic carbocycles. The molecule has 0 aliphatic carbocycles. The number of aromatic nitrogens is 5. The van der Waals surface area contributed by atoms with Crippen LogP contribution in [0.5, 0.6) is 0 Å². The zero-order chi connectivity index (χ0) is 21.8. The first-order chi connectivity index (χ1) is 15.0.